The van der Waals surface area contributed by atoms with Gasteiger partial charge in [-0.2, -0.15) is 0 Å². The lowest BCUT2D eigenvalue weighted by Crippen LogP contribution is -2.27. The van der Waals surface area contributed by atoms with Crippen molar-refractivity contribution < 1.29 is 24.2 Å². The molecule has 0 aliphatic carbocycles. The maximum Gasteiger partial charge on any atom is 0.412 e. The van der Waals surface area contributed by atoms with Crippen LogP contribution in [0.25, 0.3) is 0 Å². The van der Waals surface area contributed by atoms with Crippen LogP contribution >= 0.6 is 0 Å². The van der Waals surface area contributed by atoms with Gasteiger partial charge in [0, 0.05) is 17.7 Å². The number of Topliss-reactive ketones (excluding diaryl/α,β-unsaturated/α-hetero) is 1. The number of rotatable bonds is 5. The van der Waals surface area contributed by atoms with Crippen LogP contribution in [0.1, 0.15) is 44.0 Å². The number of hydrogen-bond acceptors (Lipinski definition) is 4. The molecule has 0 fully saturated rings. The van der Waals surface area contributed by atoms with Crippen molar-refractivity contribution in [2.75, 3.05) is 5.32 Å². The molecule has 0 unspecified atom stereocenters. The number of carbonyl (C=O) groups is 3. The van der Waals surface area contributed by atoms with E-state index < -0.39 is 17.7 Å². The van der Waals surface area contributed by atoms with E-state index in [1.165, 1.54) is 12.1 Å². The van der Waals surface area contributed by atoms with Crippen molar-refractivity contribution in [3.05, 3.63) is 29.8 Å². The number of carboxylic acids is 1. The molecule has 1 aromatic carbocycles. The van der Waals surface area contributed by atoms with Gasteiger partial charge >= 0.3 is 12.1 Å². The second-order valence-electron chi connectivity index (χ2n) is 5.52. The molecule has 1 aromatic rings. The van der Waals surface area contributed by atoms with E-state index in [1.807, 2.05) is 0 Å². The summed E-state index contributed by atoms with van der Waals surface area (Å²) in [5.74, 6) is -1.26. The van der Waals surface area contributed by atoms with Gasteiger partial charge in [-0.1, -0.05) is 0 Å². The average Bonchev–Trinajstić information content (AvgIpc) is 2.34. The van der Waals surface area contributed by atoms with Crippen molar-refractivity contribution in [3.63, 3.8) is 0 Å². The molecule has 0 spiro atoms. The van der Waals surface area contributed by atoms with E-state index in [1.54, 1.807) is 32.9 Å². The van der Waals surface area contributed by atoms with E-state index in [0.29, 0.717) is 11.3 Å². The molecule has 6 heteroatoms. The molecule has 1 rings (SSSR count). The van der Waals surface area contributed by atoms with Crippen LogP contribution in [-0.2, 0) is 9.53 Å². The number of ether oxygens (including phenoxy) is 1. The highest BCUT2D eigenvalue weighted by atomic mass is 16.6. The third kappa shape index (κ3) is 6.56. The Labute approximate surface area is 123 Å². The molecule has 114 valence electrons. The van der Waals surface area contributed by atoms with Crippen molar-refractivity contribution in [2.24, 2.45) is 0 Å². The maximum atomic E-state index is 11.7. The first-order chi connectivity index (χ1) is 9.67. The molecule has 0 aromatic heterocycles. The third-order valence-electron chi connectivity index (χ3n) is 2.42. The minimum absolute atomic E-state index is 0.0474. The molecular weight excluding hydrogens is 274 g/mol. The zero-order chi connectivity index (χ0) is 16.0. The monoisotopic (exact) mass is 293 g/mol. The lowest BCUT2D eigenvalue weighted by atomic mass is 10.1. The highest BCUT2D eigenvalue weighted by molar-refractivity contribution is 5.98. The molecule has 0 aliphatic rings. The summed E-state index contributed by atoms with van der Waals surface area (Å²) in [5.41, 5.74) is 0.321. The fraction of sp³-hybridized carbons (Fsp3) is 0.400. The van der Waals surface area contributed by atoms with Crippen LogP contribution in [0.5, 0.6) is 0 Å². The highest BCUT2D eigenvalue weighted by Crippen LogP contribution is 2.14. The predicted molar refractivity (Wildman–Crippen MR) is 77.5 cm³/mol. The molecular formula is C15H19NO5. The number of benzene rings is 1. The van der Waals surface area contributed by atoms with Crippen molar-refractivity contribution >= 4 is 23.5 Å². The first-order valence-corrected chi connectivity index (χ1v) is 6.52. The van der Waals surface area contributed by atoms with E-state index >= 15 is 0 Å². The topological polar surface area (TPSA) is 92.7 Å². The Morgan fingerprint density at radius 2 is 1.67 bits per heavy atom. The maximum absolute atomic E-state index is 11.7. The zero-order valence-electron chi connectivity index (χ0n) is 12.3. The zero-order valence-corrected chi connectivity index (χ0v) is 12.3. The Morgan fingerprint density at radius 3 is 2.14 bits per heavy atom. The molecule has 0 aliphatic heterocycles. The Morgan fingerprint density at radius 1 is 1.10 bits per heavy atom. The van der Waals surface area contributed by atoms with Gasteiger partial charge in [0.25, 0.3) is 0 Å². The van der Waals surface area contributed by atoms with Crippen LogP contribution in [0.15, 0.2) is 24.3 Å². The van der Waals surface area contributed by atoms with Gasteiger partial charge in [0.1, 0.15) is 5.60 Å². The number of carbonyl (C=O) groups excluding carboxylic acids is 2. The van der Waals surface area contributed by atoms with Gasteiger partial charge in [0.2, 0.25) is 0 Å². The van der Waals surface area contributed by atoms with Crippen molar-refractivity contribution in [1.29, 1.82) is 0 Å². The van der Waals surface area contributed by atoms with Gasteiger partial charge in [0.05, 0.1) is 6.42 Å². The Bertz CT molecular complexity index is 528. The van der Waals surface area contributed by atoms with E-state index in [-0.39, 0.29) is 18.6 Å². The van der Waals surface area contributed by atoms with Gasteiger partial charge in [-0.15, -0.1) is 0 Å². The predicted octanol–water partition coefficient (Wildman–Crippen LogP) is 3.08. The highest BCUT2D eigenvalue weighted by Gasteiger charge is 2.16. The van der Waals surface area contributed by atoms with Crippen molar-refractivity contribution in [3.8, 4) is 0 Å². The SMILES string of the molecule is CC(C)(C)OC(=O)Nc1ccc(C(=O)CCC(=O)O)cc1. The standard InChI is InChI=1S/C15H19NO5/c1-15(2,3)21-14(20)16-11-6-4-10(5-7-11)12(17)8-9-13(18)19/h4-7H,8-9H2,1-3H3,(H,16,20)(H,18,19). The van der Waals surface area contributed by atoms with E-state index in [4.69, 9.17) is 9.84 Å². The second-order valence-corrected chi connectivity index (χ2v) is 5.52. The Balaban J connectivity index is 2.60. The minimum Gasteiger partial charge on any atom is -0.481 e. The van der Waals surface area contributed by atoms with Crippen molar-refractivity contribution in [1.82, 2.24) is 0 Å². The molecule has 0 saturated carbocycles. The molecule has 0 heterocycles. The normalized spacial score (nSPS) is 10.8. The van der Waals surface area contributed by atoms with Crippen LogP contribution in [0.3, 0.4) is 0 Å². The lowest BCUT2D eigenvalue weighted by Gasteiger charge is -2.19. The summed E-state index contributed by atoms with van der Waals surface area (Å²) in [4.78, 5) is 33.7. The molecule has 6 nitrogen and oxygen atoms in total. The van der Waals surface area contributed by atoms with Crippen LogP contribution < -0.4 is 5.32 Å². The second kappa shape index (κ2) is 6.88. The summed E-state index contributed by atoms with van der Waals surface area (Å²) < 4.78 is 5.10. The van der Waals surface area contributed by atoms with Gasteiger partial charge in [-0.3, -0.25) is 14.9 Å². The fourth-order valence-electron chi connectivity index (χ4n) is 1.53. The molecule has 2 N–H and O–H groups in total. The van der Waals surface area contributed by atoms with Crippen molar-refractivity contribution in [2.45, 2.75) is 39.2 Å². The lowest BCUT2D eigenvalue weighted by molar-refractivity contribution is -0.136. The summed E-state index contributed by atoms with van der Waals surface area (Å²) in [6.45, 7) is 5.28. The average molecular weight is 293 g/mol. The van der Waals surface area contributed by atoms with Gasteiger partial charge < -0.3 is 9.84 Å². The molecule has 21 heavy (non-hydrogen) atoms. The first-order valence-electron chi connectivity index (χ1n) is 6.52. The number of aliphatic carboxylic acids is 1. The molecule has 1 amide bonds. The third-order valence-corrected chi connectivity index (χ3v) is 2.42. The Kier molecular flexibility index (Phi) is 5.46. The number of carboxylic acid groups (broad SMARTS) is 1. The smallest absolute Gasteiger partial charge is 0.412 e. The van der Waals surface area contributed by atoms with Gasteiger partial charge in [0.15, 0.2) is 5.78 Å². The van der Waals surface area contributed by atoms with Gasteiger partial charge in [-0.05, 0) is 45.0 Å². The number of nitrogens with one attached hydrogen (secondary N) is 1. The number of ketones is 1. The van der Waals surface area contributed by atoms with E-state index in [0.717, 1.165) is 0 Å². The largest absolute Gasteiger partial charge is 0.481 e. The minimum atomic E-state index is -1.01. The Hall–Kier alpha value is -2.37. The molecule has 0 radical (unpaired) electrons. The van der Waals surface area contributed by atoms with Gasteiger partial charge in [-0.25, -0.2) is 4.79 Å². The molecule has 0 bridgehead atoms. The number of anilines is 1. The number of amides is 1. The fourth-order valence-corrected chi connectivity index (χ4v) is 1.53. The summed E-state index contributed by atoms with van der Waals surface area (Å²) in [6, 6.07) is 6.21. The van der Waals surface area contributed by atoms with Crippen LogP contribution in [0.2, 0.25) is 0 Å². The van der Waals surface area contributed by atoms with E-state index in [2.05, 4.69) is 5.32 Å². The summed E-state index contributed by atoms with van der Waals surface area (Å²) in [6.07, 6.45) is -0.822. The van der Waals surface area contributed by atoms with E-state index in [9.17, 15) is 14.4 Å². The molecule has 0 atom stereocenters. The number of hydrogen-bond donors (Lipinski definition) is 2. The summed E-state index contributed by atoms with van der Waals surface area (Å²) >= 11 is 0. The summed E-state index contributed by atoms with van der Waals surface area (Å²) in [5, 5.41) is 11.1. The summed E-state index contributed by atoms with van der Waals surface area (Å²) in [7, 11) is 0. The first kappa shape index (κ1) is 16.7. The van der Waals surface area contributed by atoms with Crippen LogP contribution in [-0.4, -0.2) is 28.6 Å². The molecule has 0 saturated heterocycles. The van der Waals surface area contributed by atoms with Crippen LogP contribution in [0.4, 0.5) is 10.5 Å². The van der Waals surface area contributed by atoms with Crippen LogP contribution in [0, 0.1) is 0 Å². The quantitative estimate of drug-likeness (QED) is 0.814.